The number of alkyl halides is 3. The number of carbonyl (C=O) groups excluding carboxylic acids is 1. The Balaban J connectivity index is 1.85. The summed E-state index contributed by atoms with van der Waals surface area (Å²) in [5.41, 5.74) is -0.313. The summed E-state index contributed by atoms with van der Waals surface area (Å²) in [4.78, 5) is 23.5. The van der Waals surface area contributed by atoms with Gasteiger partial charge >= 0.3 is 12.1 Å². The van der Waals surface area contributed by atoms with Gasteiger partial charge in [-0.25, -0.2) is 22.7 Å². The zero-order valence-electron chi connectivity index (χ0n) is 14.6. The molecule has 3 rings (SSSR count). The Morgan fingerprint density at radius 1 is 1.28 bits per heavy atom. The summed E-state index contributed by atoms with van der Waals surface area (Å²) in [6.45, 7) is -0.382. The van der Waals surface area contributed by atoms with Crippen LogP contribution in [0.25, 0.3) is 5.65 Å². The number of sulfone groups is 1. The van der Waals surface area contributed by atoms with Crippen LogP contribution in [0.1, 0.15) is 15.9 Å². The molecule has 13 heteroatoms. The number of H-pyrrole nitrogens is 1. The van der Waals surface area contributed by atoms with Crippen molar-refractivity contribution in [2.75, 3.05) is 6.26 Å². The fourth-order valence-corrected chi connectivity index (χ4v) is 3.09. The van der Waals surface area contributed by atoms with Gasteiger partial charge < -0.3 is 10.1 Å². The van der Waals surface area contributed by atoms with Crippen LogP contribution in [-0.4, -0.2) is 41.5 Å². The second-order valence-corrected chi connectivity index (χ2v) is 7.96. The van der Waals surface area contributed by atoms with Gasteiger partial charge in [-0.1, -0.05) is 6.07 Å². The third-order valence-electron chi connectivity index (χ3n) is 3.81. The molecule has 0 saturated carbocycles. The summed E-state index contributed by atoms with van der Waals surface area (Å²) >= 11 is 0. The molecule has 0 atom stereocenters. The van der Waals surface area contributed by atoms with Gasteiger partial charge in [0.1, 0.15) is 5.75 Å². The third-order valence-corrected chi connectivity index (χ3v) is 4.92. The first kappa shape index (κ1) is 20.4. The van der Waals surface area contributed by atoms with Crippen molar-refractivity contribution in [1.29, 1.82) is 0 Å². The van der Waals surface area contributed by atoms with E-state index in [9.17, 15) is 31.2 Å². The normalized spacial score (nSPS) is 12.1. The number of pyridine rings is 1. The molecule has 0 unspecified atom stereocenters. The first-order valence-electron chi connectivity index (χ1n) is 7.88. The van der Waals surface area contributed by atoms with E-state index < -0.39 is 33.5 Å². The van der Waals surface area contributed by atoms with Crippen LogP contribution < -0.4 is 15.7 Å². The van der Waals surface area contributed by atoms with Crippen molar-refractivity contribution in [3.8, 4) is 5.75 Å². The lowest BCUT2D eigenvalue weighted by molar-refractivity contribution is -0.275. The molecule has 0 radical (unpaired) electrons. The minimum Gasteiger partial charge on any atom is -0.405 e. The number of hydrogen-bond donors (Lipinski definition) is 2. The Morgan fingerprint density at radius 2 is 2.00 bits per heavy atom. The van der Waals surface area contributed by atoms with Gasteiger partial charge in [0, 0.05) is 24.6 Å². The summed E-state index contributed by atoms with van der Waals surface area (Å²) in [6, 6.07) is 5.75. The highest BCUT2D eigenvalue weighted by molar-refractivity contribution is 7.90. The van der Waals surface area contributed by atoms with E-state index in [4.69, 9.17) is 0 Å². The number of halogens is 3. The van der Waals surface area contributed by atoms with Crippen molar-refractivity contribution in [2.24, 2.45) is 0 Å². The Bertz CT molecular complexity index is 1250. The van der Waals surface area contributed by atoms with E-state index in [1.165, 1.54) is 18.3 Å². The number of amides is 1. The van der Waals surface area contributed by atoms with Crippen LogP contribution in [0.15, 0.2) is 46.2 Å². The van der Waals surface area contributed by atoms with E-state index in [2.05, 4.69) is 20.3 Å². The fourth-order valence-electron chi connectivity index (χ4n) is 2.45. The standard InChI is InChI=1S/C16H13F3N4O5S/c1-29(26,27)11-4-2-9(12(6-11)28-16(17,18)19)7-20-14(24)10-3-5-13-21-22-15(25)23(13)8-10/h2-6,8H,7H2,1H3,(H,20,24)(H,22,25). The average molecular weight is 430 g/mol. The van der Waals surface area contributed by atoms with Crippen LogP contribution in [0.3, 0.4) is 0 Å². The summed E-state index contributed by atoms with van der Waals surface area (Å²) in [5.74, 6) is -1.42. The molecule has 0 fully saturated rings. The zero-order chi connectivity index (χ0) is 21.4. The smallest absolute Gasteiger partial charge is 0.405 e. The topological polar surface area (TPSA) is 123 Å². The number of carbonyl (C=O) groups is 1. The lowest BCUT2D eigenvalue weighted by Crippen LogP contribution is -2.25. The van der Waals surface area contributed by atoms with E-state index in [0.29, 0.717) is 0 Å². The van der Waals surface area contributed by atoms with Gasteiger partial charge in [-0.15, -0.1) is 13.2 Å². The second kappa shape index (κ2) is 7.24. The number of aromatic nitrogens is 3. The molecule has 3 aromatic rings. The van der Waals surface area contributed by atoms with E-state index in [-0.39, 0.29) is 28.2 Å². The van der Waals surface area contributed by atoms with Crippen LogP contribution >= 0.6 is 0 Å². The van der Waals surface area contributed by atoms with Gasteiger partial charge in [0.05, 0.1) is 10.5 Å². The van der Waals surface area contributed by atoms with Gasteiger partial charge in [0.2, 0.25) is 0 Å². The van der Waals surface area contributed by atoms with Crippen LogP contribution in [0, 0.1) is 0 Å². The molecule has 9 nitrogen and oxygen atoms in total. The lowest BCUT2D eigenvalue weighted by Gasteiger charge is -2.15. The highest BCUT2D eigenvalue weighted by atomic mass is 32.2. The molecule has 2 N–H and O–H groups in total. The maximum atomic E-state index is 12.7. The largest absolute Gasteiger partial charge is 0.573 e. The molecule has 154 valence electrons. The SMILES string of the molecule is CS(=O)(=O)c1ccc(CNC(=O)c2ccc3n[nH]c(=O)n3c2)c(OC(F)(F)F)c1. The van der Waals surface area contributed by atoms with Crippen molar-refractivity contribution < 1.29 is 31.1 Å². The first-order chi connectivity index (χ1) is 13.4. The second-order valence-electron chi connectivity index (χ2n) is 5.95. The number of nitrogens with one attached hydrogen (secondary N) is 2. The highest BCUT2D eigenvalue weighted by Gasteiger charge is 2.32. The summed E-state index contributed by atoms with van der Waals surface area (Å²) in [6.07, 6.45) is -2.99. The van der Waals surface area contributed by atoms with Crippen molar-refractivity contribution in [2.45, 2.75) is 17.8 Å². The molecule has 2 heterocycles. The van der Waals surface area contributed by atoms with Gasteiger partial charge in [-0.2, -0.15) is 5.10 Å². The summed E-state index contributed by atoms with van der Waals surface area (Å²) < 4.78 is 66.2. The molecule has 1 aromatic carbocycles. The summed E-state index contributed by atoms with van der Waals surface area (Å²) in [5, 5.41) is 8.30. The number of fused-ring (bicyclic) bond motifs is 1. The molecular formula is C16H13F3N4O5S. The lowest BCUT2D eigenvalue weighted by atomic mass is 10.2. The number of aromatic amines is 1. The number of nitrogens with zero attached hydrogens (tertiary/aromatic N) is 2. The molecule has 0 saturated heterocycles. The highest BCUT2D eigenvalue weighted by Crippen LogP contribution is 2.29. The van der Waals surface area contributed by atoms with E-state index >= 15 is 0 Å². The number of ether oxygens (including phenoxy) is 1. The Morgan fingerprint density at radius 3 is 2.66 bits per heavy atom. The molecule has 0 aliphatic heterocycles. The number of benzene rings is 1. The Labute approximate surface area is 161 Å². The maximum Gasteiger partial charge on any atom is 0.573 e. The quantitative estimate of drug-likeness (QED) is 0.628. The molecule has 29 heavy (non-hydrogen) atoms. The van der Waals surface area contributed by atoms with E-state index in [0.717, 1.165) is 28.9 Å². The molecule has 0 aliphatic rings. The van der Waals surface area contributed by atoms with E-state index in [1.807, 2.05) is 0 Å². The van der Waals surface area contributed by atoms with Gasteiger partial charge in [0.25, 0.3) is 5.91 Å². The van der Waals surface area contributed by atoms with Gasteiger partial charge in [-0.3, -0.25) is 4.79 Å². The summed E-state index contributed by atoms with van der Waals surface area (Å²) in [7, 11) is -3.77. The zero-order valence-corrected chi connectivity index (χ0v) is 15.5. The molecule has 0 aliphatic carbocycles. The maximum absolute atomic E-state index is 12.7. The number of rotatable bonds is 5. The molecule has 0 bridgehead atoms. The van der Waals surface area contributed by atoms with Crippen LogP contribution in [0.2, 0.25) is 0 Å². The van der Waals surface area contributed by atoms with Crippen molar-refractivity contribution in [3.63, 3.8) is 0 Å². The first-order valence-corrected chi connectivity index (χ1v) is 9.77. The molecule has 1 amide bonds. The van der Waals surface area contributed by atoms with Gasteiger partial charge in [0.15, 0.2) is 15.5 Å². The monoisotopic (exact) mass is 430 g/mol. The average Bonchev–Trinajstić information content (AvgIpc) is 2.98. The molecule has 0 spiro atoms. The van der Waals surface area contributed by atoms with E-state index in [1.54, 1.807) is 0 Å². The van der Waals surface area contributed by atoms with Crippen molar-refractivity contribution >= 4 is 21.4 Å². The molecular weight excluding hydrogens is 417 g/mol. The van der Waals surface area contributed by atoms with Crippen LogP contribution in [0.4, 0.5) is 13.2 Å². The van der Waals surface area contributed by atoms with Crippen LogP contribution in [0.5, 0.6) is 5.75 Å². The predicted molar refractivity (Wildman–Crippen MR) is 93.2 cm³/mol. The van der Waals surface area contributed by atoms with Crippen molar-refractivity contribution in [3.05, 3.63) is 58.1 Å². The van der Waals surface area contributed by atoms with Crippen molar-refractivity contribution in [1.82, 2.24) is 19.9 Å². The fraction of sp³-hybridized carbons (Fsp3) is 0.188. The van der Waals surface area contributed by atoms with Gasteiger partial charge in [-0.05, 0) is 24.3 Å². The minimum absolute atomic E-state index is 0.0621. The number of hydrogen-bond acceptors (Lipinski definition) is 6. The minimum atomic E-state index is -5.05. The Kier molecular flexibility index (Phi) is 5.09. The van der Waals surface area contributed by atoms with Crippen LogP contribution in [-0.2, 0) is 16.4 Å². The third kappa shape index (κ3) is 4.74. The Hall–Kier alpha value is -3.35. The molecule has 2 aromatic heterocycles. The predicted octanol–water partition coefficient (Wildman–Crippen LogP) is 1.25.